The summed E-state index contributed by atoms with van der Waals surface area (Å²) in [4.78, 5) is 0. The molecule has 27 heavy (non-hydrogen) atoms. The van der Waals surface area contributed by atoms with Crippen LogP contribution in [-0.2, 0) is 13.5 Å². The predicted molar refractivity (Wildman–Crippen MR) is 112 cm³/mol. The lowest BCUT2D eigenvalue weighted by molar-refractivity contribution is -0.660. The maximum Gasteiger partial charge on any atom is 0.212 e. The molecule has 2 aromatic carbocycles. The molecular formula is C26H28N+. The monoisotopic (exact) mass is 358 g/mol. The van der Waals surface area contributed by atoms with Gasteiger partial charge < -0.3 is 0 Å². The zero-order valence-corrected chi connectivity index (χ0v) is 16.1. The molecule has 1 aromatic heterocycles. The second-order valence-corrected chi connectivity index (χ2v) is 8.01. The highest BCUT2D eigenvalue weighted by Crippen LogP contribution is 2.42. The van der Waals surface area contributed by atoms with Gasteiger partial charge in [0.15, 0.2) is 6.20 Å². The van der Waals surface area contributed by atoms with Gasteiger partial charge in [0.2, 0.25) is 5.69 Å². The Morgan fingerprint density at radius 1 is 1.04 bits per heavy atom. The van der Waals surface area contributed by atoms with Crippen LogP contribution in [0.3, 0.4) is 0 Å². The Kier molecular flexibility index (Phi) is 3.02. The van der Waals surface area contributed by atoms with Crippen molar-refractivity contribution in [3.63, 3.8) is 0 Å². The second-order valence-electron chi connectivity index (χ2n) is 8.01. The van der Waals surface area contributed by atoms with Crippen LogP contribution in [0.25, 0.3) is 22.4 Å². The molecule has 1 nitrogen and oxygen atoms in total. The molecule has 2 aliphatic rings. The van der Waals surface area contributed by atoms with Crippen LogP contribution < -0.4 is 4.57 Å². The molecule has 1 heteroatoms. The van der Waals surface area contributed by atoms with Gasteiger partial charge in [-0.05, 0) is 78.4 Å². The minimum Gasteiger partial charge on any atom is -0.201 e. The van der Waals surface area contributed by atoms with Gasteiger partial charge in [-0.2, -0.15) is 0 Å². The molecule has 0 saturated heterocycles. The van der Waals surface area contributed by atoms with Crippen molar-refractivity contribution in [3.8, 4) is 22.4 Å². The highest BCUT2D eigenvalue weighted by Gasteiger charge is 2.26. The van der Waals surface area contributed by atoms with E-state index in [0.29, 0.717) is 11.1 Å². The minimum absolute atomic E-state index is 0.321. The van der Waals surface area contributed by atoms with Gasteiger partial charge in [0.05, 0.1) is 0 Å². The number of hydrogen-bond acceptors (Lipinski definition) is 0. The summed E-state index contributed by atoms with van der Waals surface area (Å²) in [5.74, 6) is -0.812. The van der Waals surface area contributed by atoms with E-state index in [1.54, 1.807) is 6.20 Å². The topological polar surface area (TPSA) is 3.88 Å². The van der Waals surface area contributed by atoms with E-state index >= 15 is 0 Å². The molecule has 0 radical (unpaired) electrons. The first kappa shape index (κ1) is 12.9. The molecular weight excluding hydrogens is 326 g/mol. The van der Waals surface area contributed by atoms with E-state index in [1.165, 1.54) is 27.8 Å². The number of rotatable bonds is 2. The van der Waals surface area contributed by atoms with E-state index in [-0.39, 0.29) is 0 Å². The molecule has 3 aromatic rings. The summed E-state index contributed by atoms with van der Waals surface area (Å²) in [7, 11) is 1.92. The van der Waals surface area contributed by atoms with Crippen molar-refractivity contribution in [1.82, 2.24) is 0 Å². The molecule has 1 saturated carbocycles. The normalized spacial score (nSPS) is 19.6. The Morgan fingerprint density at radius 3 is 2.63 bits per heavy atom. The number of fused-ring (bicyclic) bond motifs is 3. The third kappa shape index (κ3) is 2.64. The lowest BCUT2D eigenvalue weighted by atomic mass is 9.90. The quantitative estimate of drug-likeness (QED) is 0.386. The molecule has 0 bridgehead atoms. The maximum absolute atomic E-state index is 9.08. The van der Waals surface area contributed by atoms with Gasteiger partial charge in [-0.25, -0.2) is 4.57 Å². The number of aryl methyl sites for hydroxylation is 2. The van der Waals surface area contributed by atoms with Crippen LogP contribution in [0.15, 0.2) is 48.7 Å². The van der Waals surface area contributed by atoms with Gasteiger partial charge in [-0.3, -0.25) is 0 Å². The summed E-state index contributed by atoms with van der Waals surface area (Å²) in [6.07, 6.45) is 6.08. The van der Waals surface area contributed by atoms with Crippen molar-refractivity contribution in [2.24, 2.45) is 7.05 Å². The zero-order valence-electron chi connectivity index (χ0n) is 20.1. The van der Waals surface area contributed by atoms with Crippen LogP contribution in [0.4, 0.5) is 0 Å². The summed E-state index contributed by atoms with van der Waals surface area (Å²) in [6, 6.07) is 14.9. The summed E-state index contributed by atoms with van der Waals surface area (Å²) < 4.78 is 35.3. The first-order valence-electron chi connectivity index (χ1n) is 11.9. The average molecular weight is 359 g/mol. The molecule has 1 heterocycles. The van der Waals surface area contributed by atoms with Crippen LogP contribution in [0.5, 0.6) is 0 Å². The molecule has 0 spiro atoms. The second kappa shape index (κ2) is 6.34. The summed E-state index contributed by atoms with van der Waals surface area (Å²) in [5.41, 5.74) is 9.66. The lowest BCUT2D eigenvalue weighted by Gasteiger charge is -2.15. The Balaban J connectivity index is 1.69. The highest BCUT2D eigenvalue weighted by molar-refractivity contribution is 5.81. The number of nitrogens with zero attached hydrogens (tertiary/aromatic N) is 1. The van der Waals surface area contributed by atoms with E-state index in [1.807, 2.05) is 17.7 Å². The van der Waals surface area contributed by atoms with Crippen LogP contribution in [0.2, 0.25) is 0 Å². The molecule has 5 rings (SSSR count). The molecule has 0 N–H and O–H groups in total. The van der Waals surface area contributed by atoms with Crippen molar-refractivity contribution in [2.75, 3.05) is 0 Å². The summed E-state index contributed by atoms with van der Waals surface area (Å²) in [6.45, 7) is -0.0552. The Morgan fingerprint density at radius 2 is 1.81 bits per heavy atom. The average Bonchev–Trinajstić information content (AvgIpc) is 3.33. The fourth-order valence-electron chi connectivity index (χ4n) is 4.92. The number of aromatic nitrogens is 1. The zero-order chi connectivity index (χ0) is 22.0. The van der Waals surface area contributed by atoms with Crippen molar-refractivity contribution in [3.05, 3.63) is 76.5 Å². The van der Waals surface area contributed by atoms with Crippen molar-refractivity contribution >= 4 is 0 Å². The van der Waals surface area contributed by atoms with Crippen LogP contribution in [-0.4, -0.2) is 0 Å². The van der Waals surface area contributed by atoms with Gasteiger partial charge in [0, 0.05) is 22.7 Å². The van der Waals surface area contributed by atoms with Crippen LogP contribution >= 0.6 is 0 Å². The molecule has 0 amide bonds. The third-order valence-corrected chi connectivity index (χ3v) is 6.41. The molecule has 136 valence electrons. The van der Waals surface area contributed by atoms with Crippen LogP contribution in [0.1, 0.15) is 64.9 Å². The standard InChI is InChI=1S/C26H28N/c1-17-16-27(3)26(15-24(17)19-8-4-5-9-19)21-12-13-23-22-11-7-6-10-20(22)14-25(23)18(21)2/h6-7,10-13,15-16,19H,4-5,8-9,14H2,1-3H3/q+1/i1D3,19D. The van der Waals surface area contributed by atoms with E-state index in [9.17, 15) is 0 Å². The van der Waals surface area contributed by atoms with Gasteiger partial charge in [-0.1, -0.05) is 43.2 Å². The van der Waals surface area contributed by atoms with E-state index in [4.69, 9.17) is 5.48 Å². The van der Waals surface area contributed by atoms with Gasteiger partial charge in [0.1, 0.15) is 7.05 Å². The molecule has 1 fully saturated rings. The van der Waals surface area contributed by atoms with Crippen molar-refractivity contribution in [2.45, 2.75) is 51.8 Å². The Bertz CT molecular complexity index is 1190. The largest absolute Gasteiger partial charge is 0.212 e. The SMILES string of the molecule is [2H]C([2H])([2H])c1c[n+](C)c(-c2ccc3c(c2C)Cc2ccccc2-3)cc1C1([2H])CCCC1. The predicted octanol–water partition coefficient (Wildman–Crippen LogP) is 6.02. The molecule has 0 unspecified atom stereocenters. The number of hydrogen-bond donors (Lipinski definition) is 0. The van der Waals surface area contributed by atoms with Crippen LogP contribution in [0, 0.1) is 13.8 Å². The first-order chi connectivity index (χ1) is 14.7. The highest BCUT2D eigenvalue weighted by atomic mass is 14.9. The van der Waals surface area contributed by atoms with Gasteiger partial charge in [-0.15, -0.1) is 0 Å². The van der Waals surface area contributed by atoms with E-state index in [0.717, 1.165) is 43.4 Å². The third-order valence-electron chi connectivity index (χ3n) is 6.41. The lowest BCUT2D eigenvalue weighted by Crippen LogP contribution is -2.32. The first-order valence-corrected chi connectivity index (χ1v) is 9.95. The van der Waals surface area contributed by atoms with Gasteiger partial charge in [0.25, 0.3) is 0 Å². The van der Waals surface area contributed by atoms with E-state index in [2.05, 4.69) is 43.3 Å². The Hall–Kier alpha value is -2.41. The number of pyridine rings is 1. The minimum atomic E-state index is -2.23. The smallest absolute Gasteiger partial charge is 0.201 e. The fourth-order valence-corrected chi connectivity index (χ4v) is 4.92. The molecule has 0 aliphatic heterocycles. The summed E-state index contributed by atoms with van der Waals surface area (Å²) >= 11 is 0. The summed E-state index contributed by atoms with van der Waals surface area (Å²) in [5, 5.41) is 0. The van der Waals surface area contributed by atoms with Crippen molar-refractivity contribution in [1.29, 1.82) is 0 Å². The molecule has 0 atom stereocenters. The number of benzene rings is 2. The van der Waals surface area contributed by atoms with Gasteiger partial charge >= 0.3 is 0 Å². The van der Waals surface area contributed by atoms with E-state index < -0.39 is 12.7 Å². The van der Waals surface area contributed by atoms with Crippen molar-refractivity contribution < 1.29 is 10.1 Å². The Labute approximate surface area is 168 Å². The fraction of sp³-hybridized carbons (Fsp3) is 0.346. The maximum atomic E-state index is 9.08. The molecule has 2 aliphatic carbocycles.